The molecule has 1 heterocycles. The van der Waals surface area contributed by atoms with Gasteiger partial charge < -0.3 is 20.7 Å². The Kier molecular flexibility index (Phi) is 7.77. The van der Waals surface area contributed by atoms with E-state index in [-0.39, 0.29) is 30.5 Å². The van der Waals surface area contributed by atoms with Gasteiger partial charge in [-0.15, -0.1) is 11.3 Å². The number of ether oxygens (including phenoxy) is 1. The van der Waals surface area contributed by atoms with Crippen LogP contribution in [-0.4, -0.2) is 31.4 Å². The van der Waals surface area contributed by atoms with E-state index in [1.807, 2.05) is 30.3 Å². The summed E-state index contributed by atoms with van der Waals surface area (Å²) in [5, 5.41) is 8.82. The number of hydrogen-bond donors (Lipinski definition) is 3. The summed E-state index contributed by atoms with van der Waals surface area (Å²) in [6.07, 6.45) is 3.84. The molecule has 0 radical (unpaired) electrons. The molecule has 0 aliphatic heterocycles. The summed E-state index contributed by atoms with van der Waals surface area (Å²) >= 11 is 1.41. The van der Waals surface area contributed by atoms with Crippen LogP contribution < -0.4 is 16.0 Å². The van der Waals surface area contributed by atoms with Gasteiger partial charge in [0.1, 0.15) is 10.8 Å². The van der Waals surface area contributed by atoms with Gasteiger partial charge in [0.05, 0.1) is 31.3 Å². The molecule has 0 saturated heterocycles. The van der Waals surface area contributed by atoms with Gasteiger partial charge in [-0.2, -0.15) is 0 Å². The zero-order chi connectivity index (χ0) is 24.8. The fraction of sp³-hybridized carbons (Fsp3) is 0.269. The highest BCUT2D eigenvalue weighted by Crippen LogP contribution is 2.38. The first-order valence-electron chi connectivity index (χ1n) is 11.3. The van der Waals surface area contributed by atoms with E-state index in [1.54, 1.807) is 0 Å². The lowest BCUT2D eigenvalue weighted by Crippen LogP contribution is -2.23. The minimum absolute atomic E-state index is 0.0234. The molecule has 2 amide bonds. The highest BCUT2D eigenvalue weighted by molar-refractivity contribution is 7.17. The summed E-state index contributed by atoms with van der Waals surface area (Å²) < 4.78 is 19.2. The Bertz CT molecular complexity index is 1240. The number of anilines is 3. The van der Waals surface area contributed by atoms with E-state index in [2.05, 4.69) is 16.0 Å². The van der Waals surface area contributed by atoms with E-state index >= 15 is 0 Å². The maximum Gasteiger partial charge on any atom is 0.341 e. The van der Waals surface area contributed by atoms with Crippen molar-refractivity contribution < 1.29 is 23.5 Å². The minimum atomic E-state index is -0.576. The van der Waals surface area contributed by atoms with Gasteiger partial charge in [-0.05, 0) is 55.0 Å². The molecule has 3 aromatic rings. The van der Waals surface area contributed by atoms with Crippen molar-refractivity contribution in [2.75, 3.05) is 29.6 Å². The first kappa shape index (κ1) is 24.4. The van der Waals surface area contributed by atoms with Crippen molar-refractivity contribution in [3.63, 3.8) is 0 Å². The Morgan fingerprint density at radius 3 is 2.54 bits per heavy atom. The number of hydrogen-bond acceptors (Lipinski definition) is 6. The van der Waals surface area contributed by atoms with Crippen molar-refractivity contribution in [3.8, 4) is 0 Å². The average Bonchev–Trinajstić information content (AvgIpc) is 3.22. The van der Waals surface area contributed by atoms with Crippen LogP contribution in [0.1, 0.15) is 39.2 Å². The number of rotatable bonds is 8. The third kappa shape index (κ3) is 6.05. The fourth-order valence-corrected chi connectivity index (χ4v) is 5.33. The number of carbonyl (C=O) groups excluding carboxylic acids is 3. The predicted octanol–water partition coefficient (Wildman–Crippen LogP) is 4.78. The monoisotopic (exact) mass is 495 g/mol. The number of fused-ring (bicyclic) bond motifs is 1. The Hall–Kier alpha value is -3.72. The van der Waals surface area contributed by atoms with Gasteiger partial charge in [0.25, 0.3) is 0 Å². The summed E-state index contributed by atoms with van der Waals surface area (Å²) in [5.74, 6) is -1.73. The largest absolute Gasteiger partial charge is 0.465 e. The molecule has 0 atom stereocenters. The van der Waals surface area contributed by atoms with Crippen LogP contribution in [0.3, 0.4) is 0 Å². The lowest BCUT2D eigenvalue weighted by atomic mass is 9.95. The van der Waals surface area contributed by atoms with Crippen LogP contribution in [0.25, 0.3) is 0 Å². The Labute approximate surface area is 206 Å². The predicted molar refractivity (Wildman–Crippen MR) is 135 cm³/mol. The number of methoxy groups -OCH3 is 1. The van der Waals surface area contributed by atoms with Gasteiger partial charge in [-0.3, -0.25) is 9.59 Å². The van der Waals surface area contributed by atoms with Gasteiger partial charge in [0.15, 0.2) is 0 Å². The van der Waals surface area contributed by atoms with Crippen LogP contribution in [0.15, 0.2) is 48.5 Å². The fourth-order valence-electron chi connectivity index (χ4n) is 4.03. The second-order valence-electron chi connectivity index (χ2n) is 8.21. The molecular weight excluding hydrogens is 469 g/mol. The van der Waals surface area contributed by atoms with Gasteiger partial charge in [-0.1, -0.05) is 30.3 Å². The SMILES string of the molecule is COC(=O)c1c(NC(=O)CNc2ccc(F)c(NC(=O)Cc3ccccc3)c2)sc2c1CCCC2. The second kappa shape index (κ2) is 11.1. The topological polar surface area (TPSA) is 96.5 Å². The molecule has 0 saturated carbocycles. The number of esters is 1. The average molecular weight is 496 g/mol. The molecule has 2 aromatic carbocycles. The number of carbonyl (C=O) groups is 3. The second-order valence-corrected chi connectivity index (χ2v) is 9.32. The molecule has 1 aliphatic carbocycles. The molecule has 0 spiro atoms. The molecule has 4 rings (SSSR count). The minimum Gasteiger partial charge on any atom is -0.465 e. The van der Waals surface area contributed by atoms with Crippen molar-refractivity contribution in [1.82, 2.24) is 0 Å². The van der Waals surface area contributed by atoms with Gasteiger partial charge in [0, 0.05) is 10.6 Å². The first-order valence-corrected chi connectivity index (χ1v) is 12.2. The highest BCUT2D eigenvalue weighted by atomic mass is 32.1. The summed E-state index contributed by atoms with van der Waals surface area (Å²) in [5.41, 5.74) is 2.71. The standard InChI is InChI=1S/C26H26FN3O4S/c1-34-26(33)24-18-9-5-6-10-21(18)35-25(24)30-23(32)15-28-17-11-12-19(27)20(14-17)29-22(31)13-16-7-3-2-4-8-16/h2-4,7-8,11-12,14,28H,5-6,9-10,13,15H2,1H3,(H,29,31)(H,30,32). The molecule has 0 fully saturated rings. The zero-order valence-corrected chi connectivity index (χ0v) is 20.1. The van der Waals surface area contributed by atoms with E-state index < -0.39 is 11.8 Å². The highest BCUT2D eigenvalue weighted by Gasteiger charge is 2.26. The van der Waals surface area contributed by atoms with Crippen LogP contribution in [0, 0.1) is 5.82 Å². The van der Waals surface area contributed by atoms with Crippen molar-refractivity contribution in [1.29, 1.82) is 0 Å². The van der Waals surface area contributed by atoms with Crippen molar-refractivity contribution in [2.24, 2.45) is 0 Å². The number of thiophene rings is 1. The number of aryl methyl sites for hydroxylation is 1. The number of amides is 2. The third-order valence-electron chi connectivity index (χ3n) is 5.71. The van der Waals surface area contributed by atoms with Crippen LogP contribution >= 0.6 is 11.3 Å². The molecular formula is C26H26FN3O4S. The van der Waals surface area contributed by atoms with Crippen LogP contribution in [0.5, 0.6) is 0 Å². The zero-order valence-electron chi connectivity index (χ0n) is 19.3. The molecule has 9 heteroatoms. The van der Waals surface area contributed by atoms with Crippen molar-refractivity contribution >= 4 is 45.5 Å². The summed E-state index contributed by atoms with van der Waals surface area (Å²) in [7, 11) is 1.33. The Balaban J connectivity index is 1.38. The molecule has 1 aliphatic rings. The normalized spacial score (nSPS) is 12.4. The molecule has 0 bridgehead atoms. The maximum atomic E-state index is 14.3. The molecule has 182 valence electrons. The van der Waals surface area contributed by atoms with E-state index in [0.29, 0.717) is 16.3 Å². The number of halogens is 1. The van der Waals surface area contributed by atoms with E-state index in [9.17, 15) is 18.8 Å². The van der Waals surface area contributed by atoms with Gasteiger partial charge in [0.2, 0.25) is 11.8 Å². The Morgan fingerprint density at radius 1 is 1.00 bits per heavy atom. The van der Waals surface area contributed by atoms with Gasteiger partial charge in [-0.25, -0.2) is 9.18 Å². The molecule has 3 N–H and O–H groups in total. The maximum absolute atomic E-state index is 14.3. The van der Waals surface area contributed by atoms with Crippen LogP contribution in [0.4, 0.5) is 20.8 Å². The lowest BCUT2D eigenvalue weighted by Gasteiger charge is -2.12. The number of nitrogens with one attached hydrogen (secondary N) is 3. The molecule has 1 aromatic heterocycles. The lowest BCUT2D eigenvalue weighted by molar-refractivity contribution is -0.116. The Morgan fingerprint density at radius 2 is 1.77 bits per heavy atom. The molecule has 7 nitrogen and oxygen atoms in total. The van der Waals surface area contributed by atoms with Crippen molar-refractivity contribution in [3.05, 3.63) is 75.9 Å². The summed E-state index contributed by atoms with van der Waals surface area (Å²) in [6.45, 7) is -0.105. The summed E-state index contributed by atoms with van der Waals surface area (Å²) in [4.78, 5) is 38.4. The quantitative estimate of drug-likeness (QED) is 0.391. The van der Waals surface area contributed by atoms with Crippen molar-refractivity contribution in [2.45, 2.75) is 32.1 Å². The molecule has 0 unspecified atom stereocenters. The molecule has 35 heavy (non-hydrogen) atoms. The van der Waals surface area contributed by atoms with Crippen LogP contribution in [0.2, 0.25) is 0 Å². The smallest absolute Gasteiger partial charge is 0.341 e. The third-order valence-corrected chi connectivity index (χ3v) is 6.92. The van der Waals surface area contributed by atoms with E-state index in [4.69, 9.17) is 4.74 Å². The van der Waals surface area contributed by atoms with E-state index in [0.717, 1.165) is 41.7 Å². The van der Waals surface area contributed by atoms with Crippen LogP contribution in [-0.2, 0) is 33.6 Å². The summed E-state index contributed by atoms with van der Waals surface area (Å²) in [6, 6.07) is 13.3. The van der Waals surface area contributed by atoms with E-state index in [1.165, 1.54) is 36.6 Å². The first-order chi connectivity index (χ1) is 16.9. The number of benzene rings is 2. The van der Waals surface area contributed by atoms with Gasteiger partial charge >= 0.3 is 5.97 Å².